The van der Waals surface area contributed by atoms with Crippen molar-refractivity contribution in [2.75, 3.05) is 13.6 Å². The van der Waals surface area contributed by atoms with Crippen molar-refractivity contribution in [2.24, 2.45) is 0 Å². The largest absolute Gasteiger partial charge is 0.349 e. The molecular weight excluding hydrogens is 226 g/mol. The predicted octanol–water partition coefficient (Wildman–Crippen LogP) is -0.0360. The number of nitrogens with one attached hydrogen (secondary N) is 3. The van der Waals surface area contributed by atoms with Gasteiger partial charge in [-0.05, 0) is 20.9 Å². The van der Waals surface area contributed by atoms with Gasteiger partial charge in [0.05, 0.1) is 4.92 Å². The van der Waals surface area contributed by atoms with Gasteiger partial charge < -0.3 is 10.6 Å². The van der Waals surface area contributed by atoms with Crippen molar-refractivity contribution < 1.29 is 9.72 Å². The average molecular weight is 241 g/mol. The molecule has 0 aliphatic carbocycles. The fourth-order valence-corrected chi connectivity index (χ4v) is 1.24. The first-order valence-electron chi connectivity index (χ1n) is 5.12. The number of aryl methyl sites for hydroxylation is 1. The van der Waals surface area contributed by atoms with E-state index < -0.39 is 10.8 Å². The molecule has 3 N–H and O–H groups in total. The van der Waals surface area contributed by atoms with Crippen LogP contribution in [-0.4, -0.2) is 40.7 Å². The van der Waals surface area contributed by atoms with E-state index >= 15 is 0 Å². The third kappa shape index (κ3) is 3.00. The molecule has 94 valence electrons. The van der Waals surface area contributed by atoms with Crippen molar-refractivity contribution >= 4 is 11.6 Å². The van der Waals surface area contributed by atoms with Gasteiger partial charge >= 0.3 is 5.69 Å². The highest BCUT2D eigenvalue weighted by Crippen LogP contribution is 2.19. The molecule has 1 rings (SSSR count). The summed E-state index contributed by atoms with van der Waals surface area (Å²) in [6.45, 7) is 3.75. The van der Waals surface area contributed by atoms with Crippen LogP contribution in [0.4, 0.5) is 5.69 Å². The molecule has 0 aliphatic rings. The summed E-state index contributed by atoms with van der Waals surface area (Å²) in [5, 5.41) is 22.3. The molecule has 1 unspecified atom stereocenters. The molecule has 0 bridgehead atoms. The highest BCUT2D eigenvalue weighted by molar-refractivity contribution is 5.96. The number of rotatable bonds is 5. The molecule has 8 nitrogen and oxygen atoms in total. The normalized spacial score (nSPS) is 12.2. The molecule has 17 heavy (non-hydrogen) atoms. The van der Waals surface area contributed by atoms with Crippen LogP contribution < -0.4 is 10.6 Å². The summed E-state index contributed by atoms with van der Waals surface area (Å²) in [7, 11) is 1.76. The Morgan fingerprint density at radius 1 is 1.65 bits per heavy atom. The number of carbonyl (C=O) groups is 1. The van der Waals surface area contributed by atoms with Gasteiger partial charge in [-0.25, -0.2) is 0 Å². The Balaban J connectivity index is 2.79. The Labute approximate surface area is 97.9 Å². The zero-order chi connectivity index (χ0) is 13.0. The van der Waals surface area contributed by atoms with Gasteiger partial charge in [-0.2, -0.15) is 5.10 Å². The summed E-state index contributed by atoms with van der Waals surface area (Å²) in [6.07, 6.45) is 0. The summed E-state index contributed by atoms with van der Waals surface area (Å²) in [4.78, 5) is 21.8. The molecular formula is C9H15N5O3. The smallest absolute Gasteiger partial charge is 0.322 e. The molecule has 0 aromatic carbocycles. The van der Waals surface area contributed by atoms with Crippen molar-refractivity contribution in [3.8, 4) is 0 Å². The number of carbonyl (C=O) groups excluding carboxylic acids is 1. The molecule has 8 heteroatoms. The van der Waals surface area contributed by atoms with Crippen LogP contribution in [0, 0.1) is 17.0 Å². The first-order chi connectivity index (χ1) is 7.97. The Hall–Kier alpha value is -1.96. The summed E-state index contributed by atoms with van der Waals surface area (Å²) >= 11 is 0. The van der Waals surface area contributed by atoms with Gasteiger partial charge in [0, 0.05) is 12.6 Å². The second-order valence-corrected chi connectivity index (χ2v) is 3.70. The number of likely N-dealkylation sites (N-methyl/N-ethyl adjacent to an activating group) is 1. The highest BCUT2D eigenvalue weighted by Gasteiger charge is 2.26. The fraction of sp³-hybridized carbons (Fsp3) is 0.556. The number of H-pyrrole nitrogens is 1. The fourth-order valence-electron chi connectivity index (χ4n) is 1.24. The van der Waals surface area contributed by atoms with E-state index in [2.05, 4.69) is 20.8 Å². The van der Waals surface area contributed by atoms with Gasteiger partial charge in [-0.3, -0.25) is 20.0 Å². The van der Waals surface area contributed by atoms with E-state index in [1.165, 1.54) is 6.92 Å². The van der Waals surface area contributed by atoms with Crippen LogP contribution in [0.5, 0.6) is 0 Å². The standard InChI is InChI=1S/C9H15N5O3/c1-5(10-3)4-11-9(15)7-8(14(16)17)6(2)12-13-7/h5,10H,4H2,1-3H3,(H,11,15)(H,12,13). The van der Waals surface area contributed by atoms with Crippen LogP contribution >= 0.6 is 0 Å². The number of hydrogen-bond donors (Lipinski definition) is 3. The highest BCUT2D eigenvalue weighted by atomic mass is 16.6. The molecule has 0 fully saturated rings. The van der Waals surface area contributed by atoms with Gasteiger partial charge in [0.15, 0.2) is 0 Å². The van der Waals surface area contributed by atoms with Gasteiger partial charge in [0.25, 0.3) is 5.91 Å². The Morgan fingerprint density at radius 2 is 2.29 bits per heavy atom. The zero-order valence-corrected chi connectivity index (χ0v) is 9.90. The maximum atomic E-state index is 11.7. The van der Waals surface area contributed by atoms with E-state index in [1.54, 1.807) is 7.05 Å². The van der Waals surface area contributed by atoms with E-state index in [1.807, 2.05) is 6.92 Å². The minimum Gasteiger partial charge on any atom is -0.349 e. The van der Waals surface area contributed by atoms with Gasteiger partial charge in [0.1, 0.15) is 5.69 Å². The number of hydrogen-bond acceptors (Lipinski definition) is 5. The van der Waals surface area contributed by atoms with Crippen molar-refractivity contribution in [1.82, 2.24) is 20.8 Å². The molecule has 0 saturated heterocycles. The zero-order valence-electron chi connectivity index (χ0n) is 9.90. The van der Waals surface area contributed by atoms with E-state index in [4.69, 9.17) is 0 Å². The summed E-state index contributed by atoms with van der Waals surface area (Å²) in [5.41, 5.74) is -0.197. The second-order valence-electron chi connectivity index (χ2n) is 3.70. The predicted molar refractivity (Wildman–Crippen MR) is 60.8 cm³/mol. The van der Waals surface area contributed by atoms with E-state index in [-0.39, 0.29) is 23.1 Å². The first kappa shape index (κ1) is 13.1. The molecule has 1 atom stereocenters. The third-order valence-corrected chi connectivity index (χ3v) is 2.37. The first-order valence-corrected chi connectivity index (χ1v) is 5.12. The van der Waals surface area contributed by atoms with Gasteiger partial charge in [-0.1, -0.05) is 0 Å². The van der Waals surface area contributed by atoms with Crippen molar-refractivity contribution in [3.63, 3.8) is 0 Å². The Morgan fingerprint density at radius 3 is 2.82 bits per heavy atom. The van der Waals surface area contributed by atoms with Crippen LogP contribution in [0.1, 0.15) is 23.1 Å². The van der Waals surface area contributed by atoms with Crippen molar-refractivity contribution in [2.45, 2.75) is 19.9 Å². The van der Waals surface area contributed by atoms with Crippen LogP contribution in [0.15, 0.2) is 0 Å². The van der Waals surface area contributed by atoms with E-state index in [0.717, 1.165) is 0 Å². The number of nitro groups is 1. The summed E-state index contributed by atoms with van der Waals surface area (Å²) in [6, 6.07) is 0.0815. The Bertz CT molecular complexity index is 428. The van der Waals surface area contributed by atoms with Gasteiger partial charge in [0.2, 0.25) is 5.69 Å². The topological polar surface area (TPSA) is 113 Å². The Kier molecular flexibility index (Phi) is 4.16. The van der Waals surface area contributed by atoms with E-state index in [9.17, 15) is 14.9 Å². The maximum absolute atomic E-state index is 11.7. The molecule has 0 saturated carbocycles. The minimum absolute atomic E-state index is 0.0815. The molecule has 0 aliphatic heterocycles. The monoisotopic (exact) mass is 241 g/mol. The lowest BCUT2D eigenvalue weighted by atomic mass is 10.2. The summed E-state index contributed by atoms with van der Waals surface area (Å²) in [5.74, 6) is -0.553. The molecule has 0 radical (unpaired) electrons. The van der Waals surface area contributed by atoms with Gasteiger partial charge in [-0.15, -0.1) is 0 Å². The van der Waals surface area contributed by atoms with Crippen LogP contribution in [-0.2, 0) is 0 Å². The molecule has 1 heterocycles. The van der Waals surface area contributed by atoms with Crippen molar-refractivity contribution in [1.29, 1.82) is 0 Å². The molecule has 1 amide bonds. The number of aromatic nitrogens is 2. The maximum Gasteiger partial charge on any atom is 0.322 e. The lowest BCUT2D eigenvalue weighted by Crippen LogP contribution is -2.37. The quantitative estimate of drug-likeness (QED) is 0.494. The SMILES string of the molecule is CNC(C)CNC(=O)c1n[nH]c(C)c1[N+](=O)[O-]. The van der Waals surface area contributed by atoms with Crippen molar-refractivity contribution in [3.05, 3.63) is 21.5 Å². The number of aromatic amines is 1. The lowest BCUT2D eigenvalue weighted by Gasteiger charge is -2.09. The molecule has 0 spiro atoms. The molecule has 1 aromatic rings. The third-order valence-electron chi connectivity index (χ3n) is 2.37. The van der Waals surface area contributed by atoms with E-state index in [0.29, 0.717) is 6.54 Å². The van der Waals surface area contributed by atoms with Crippen LogP contribution in [0.2, 0.25) is 0 Å². The number of nitrogens with zero attached hydrogens (tertiary/aromatic N) is 2. The van der Waals surface area contributed by atoms with Crippen LogP contribution in [0.3, 0.4) is 0 Å². The average Bonchev–Trinajstić information content (AvgIpc) is 2.67. The second kappa shape index (κ2) is 5.39. The minimum atomic E-state index is -0.616. The summed E-state index contributed by atoms with van der Waals surface area (Å²) < 4.78 is 0. The lowest BCUT2D eigenvalue weighted by molar-refractivity contribution is -0.385. The van der Waals surface area contributed by atoms with Crippen LogP contribution in [0.25, 0.3) is 0 Å². The molecule has 1 aromatic heterocycles. The number of amides is 1.